The zero-order valence-corrected chi connectivity index (χ0v) is 10.9. The van der Waals surface area contributed by atoms with Crippen LogP contribution in [0.15, 0.2) is 54.6 Å². The summed E-state index contributed by atoms with van der Waals surface area (Å²) in [6.45, 7) is 0. The number of nitrogens with one attached hydrogen (secondary N) is 1. The van der Waals surface area contributed by atoms with Crippen LogP contribution in [0.25, 0.3) is 33.8 Å². The van der Waals surface area contributed by atoms with Gasteiger partial charge in [-0.15, -0.1) is 10.2 Å². The van der Waals surface area contributed by atoms with Gasteiger partial charge in [0, 0.05) is 10.9 Å². The minimum atomic E-state index is 0.464. The monoisotopic (exact) mass is 274 g/mol. The Labute approximate surface area is 119 Å². The second-order valence-corrected chi connectivity index (χ2v) is 4.51. The molecule has 4 aromatic rings. The summed E-state index contributed by atoms with van der Waals surface area (Å²) in [7, 11) is 0. The molecule has 0 radical (unpaired) electrons. The predicted octanol–water partition coefficient (Wildman–Crippen LogP) is 2.48. The fraction of sp³-hybridized carbons (Fsp3) is 0. The average molecular weight is 274 g/mol. The van der Waals surface area contributed by atoms with E-state index in [9.17, 15) is 0 Å². The Hall–Kier alpha value is -3.15. The molecule has 2 aromatic heterocycles. The van der Waals surface area contributed by atoms with Gasteiger partial charge < -0.3 is 0 Å². The first-order valence-electron chi connectivity index (χ1n) is 6.48. The molecule has 6 nitrogen and oxygen atoms in total. The molecule has 0 bridgehead atoms. The lowest BCUT2D eigenvalue weighted by molar-refractivity contribution is 0.881. The maximum absolute atomic E-state index is 4.62. The van der Waals surface area contributed by atoms with Crippen molar-refractivity contribution in [2.24, 2.45) is 0 Å². The van der Waals surface area contributed by atoms with Crippen molar-refractivity contribution in [3.8, 4) is 22.9 Å². The third kappa shape index (κ3) is 2.02. The fourth-order valence-corrected chi connectivity index (χ4v) is 2.23. The standard InChI is InChI=1S/C15H10N6/c1-2-6-10(7-3-1)14-16-12-9-5-4-8-11(12)13(17-14)15-18-20-21-19-15/h1-9H,(H,18,19,20,21). The molecule has 0 saturated carbocycles. The summed E-state index contributed by atoms with van der Waals surface area (Å²) in [4.78, 5) is 9.24. The minimum Gasteiger partial charge on any atom is -0.228 e. The highest BCUT2D eigenvalue weighted by molar-refractivity contribution is 5.91. The van der Waals surface area contributed by atoms with E-state index in [1.165, 1.54) is 0 Å². The van der Waals surface area contributed by atoms with E-state index in [1.54, 1.807) is 0 Å². The number of H-pyrrole nitrogens is 1. The van der Waals surface area contributed by atoms with Crippen LogP contribution in [0.5, 0.6) is 0 Å². The zero-order chi connectivity index (χ0) is 14.1. The molecule has 0 aliphatic rings. The molecule has 2 heterocycles. The summed E-state index contributed by atoms with van der Waals surface area (Å²) < 4.78 is 0. The van der Waals surface area contributed by atoms with Crippen molar-refractivity contribution in [3.63, 3.8) is 0 Å². The van der Waals surface area contributed by atoms with Crippen molar-refractivity contribution in [2.45, 2.75) is 0 Å². The summed E-state index contributed by atoms with van der Waals surface area (Å²) in [5.41, 5.74) is 2.48. The molecule has 0 aliphatic carbocycles. The summed E-state index contributed by atoms with van der Waals surface area (Å²) >= 11 is 0. The first-order valence-corrected chi connectivity index (χ1v) is 6.48. The Morgan fingerprint density at radius 1 is 0.762 bits per heavy atom. The lowest BCUT2D eigenvalue weighted by Crippen LogP contribution is -1.96. The zero-order valence-electron chi connectivity index (χ0n) is 10.9. The first kappa shape index (κ1) is 11.7. The van der Waals surface area contributed by atoms with Gasteiger partial charge in [0.25, 0.3) is 0 Å². The highest BCUT2D eigenvalue weighted by atomic mass is 15.5. The number of para-hydroxylation sites is 1. The largest absolute Gasteiger partial charge is 0.228 e. The number of aromatic amines is 1. The molecule has 0 fully saturated rings. The topological polar surface area (TPSA) is 80.2 Å². The van der Waals surface area contributed by atoms with Crippen LogP contribution in [0, 0.1) is 0 Å². The van der Waals surface area contributed by atoms with E-state index in [4.69, 9.17) is 0 Å². The second kappa shape index (κ2) is 4.75. The van der Waals surface area contributed by atoms with Crippen LogP contribution >= 0.6 is 0 Å². The number of rotatable bonds is 2. The molecular formula is C15H10N6. The Balaban J connectivity index is 2.03. The lowest BCUT2D eigenvalue weighted by atomic mass is 10.1. The normalized spacial score (nSPS) is 10.9. The summed E-state index contributed by atoms with van der Waals surface area (Å²) in [6, 6.07) is 17.6. The fourth-order valence-electron chi connectivity index (χ4n) is 2.23. The second-order valence-electron chi connectivity index (χ2n) is 4.51. The van der Waals surface area contributed by atoms with Gasteiger partial charge in [-0.25, -0.2) is 9.97 Å². The molecule has 0 unspecified atom stereocenters. The average Bonchev–Trinajstić information content (AvgIpc) is 3.09. The van der Waals surface area contributed by atoms with E-state index in [-0.39, 0.29) is 0 Å². The highest BCUT2D eigenvalue weighted by Crippen LogP contribution is 2.26. The molecule has 0 saturated heterocycles. The number of benzene rings is 2. The molecule has 6 heteroatoms. The van der Waals surface area contributed by atoms with Gasteiger partial charge in [-0.2, -0.15) is 5.21 Å². The van der Waals surface area contributed by atoms with Crippen LogP contribution in [0.1, 0.15) is 0 Å². The summed E-state index contributed by atoms with van der Waals surface area (Å²) in [5.74, 6) is 1.11. The molecule has 1 N–H and O–H groups in total. The lowest BCUT2D eigenvalue weighted by Gasteiger charge is -2.06. The van der Waals surface area contributed by atoms with Crippen molar-refractivity contribution >= 4 is 10.9 Å². The van der Waals surface area contributed by atoms with Crippen molar-refractivity contribution in [2.75, 3.05) is 0 Å². The van der Waals surface area contributed by atoms with Gasteiger partial charge in [0.2, 0.25) is 5.82 Å². The van der Waals surface area contributed by atoms with Gasteiger partial charge in [0.15, 0.2) is 5.82 Å². The van der Waals surface area contributed by atoms with Crippen LogP contribution in [0.3, 0.4) is 0 Å². The van der Waals surface area contributed by atoms with Crippen molar-refractivity contribution in [1.82, 2.24) is 30.6 Å². The van der Waals surface area contributed by atoms with E-state index in [1.807, 2.05) is 54.6 Å². The van der Waals surface area contributed by atoms with Crippen LogP contribution in [-0.2, 0) is 0 Å². The number of hydrogen-bond acceptors (Lipinski definition) is 5. The van der Waals surface area contributed by atoms with E-state index >= 15 is 0 Å². The third-order valence-electron chi connectivity index (χ3n) is 3.19. The van der Waals surface area contributed by atoms with Gasteiger partial charge in [0.1, 0.15) is 5.69 Å². The number of tetrazole rings is 1. The van der Waals surface area contributed by atoms with Gasteiger partial charge in [0.05, 0.1) is 5.52 Å². The Kier molecular flexibility index (Phi) is 2.64. The molecule has 0 amide bonds. The van der Waals surface area contributed by atoms with Gasteiger partial charge in [-0.3, -0.25) is 0 Å². The SMILES string of the molecule is c1ccc(-c2nc(-c3nn[nH]n3)c3ccccc3n2)cc1. The van der Waals surface area contributed by atoms with Gasteiger partial charge >= 0.3 is 0 Å². The maximum Gasteiger partial charge on any atom is 0.223 e. The predicted molar refractivity (Wildman–Crippen MR) is 78.1 cm³/mol. The van der Waals surface area contributed by atoms with Crippen molar-refractivity contribution < 1.29 is 0 Å². The van der Waals surface area contributed by atoms with E-state index in [0.717, 1.165) is 16.5 Å². The molecule has 0 atom stereocenters. The highest BCUT2D eigenvalue weighted by Gasteiger charge is 2.13. The quantitative estimate of drug-likeness (QED) is 0.607. The Bertz CT molecular complexity index is 887. The smallest absolute Gasteiger partial charge is 0.223 e. The van der Waals surface area contributed by atoms with Crippen molar-refractivity contribution in [3.05, 3.63) is 54.6 Å². The molecule has 21 heavy (non-hydrogen) atoms. The molecule has 2 aromatic carbocycles. The van der Waals surface area contributed by atoms with Gasteiger partial charge in [-0.1, -0.05) is 48.5 Å². The number of hydrogen-bond donors (Lipinski definition) is 1. The Morgan fingerprint density at radius 2 is 1.57 bits per heavy atom. The third-order valence-corrected chi connectivity index (χ3v) is 3.19. The Morgan fingerprint density at radius 3 is 2.38 bits per heavy atom. The van der Waals surface area contributed by atoms with E-state index in [2.05, 4.69) is 30.6 Å². The van der Waals surface area contributed by atoms with Crippen LogP contribution < -0.4 is 0 Å². The van der Waals surface area contributed by atoms with Crippen LogP contribution in [-0.4, -0.2) is 30.6 Å². The van der Waals surface area contributed by atoms with E-state index < -0.39 is 0 Å². The number of fused-ring (bicyclic) bond motifs is 1. The number of nitrogens with zero attached hydrogens (tertiary/aromatic N) is 5. The maximum atomic E-state index is 4.62. The molecule has 100 valence electrons. The first-order chi connectivity index (χ1) is 10.4. The van der Waals surface area contributed by atoms with Crippen LogP contribution in [0.2, 0.25) is 0 Å². The number of aromatic nitrogens is 6. The molecular weight excluding hydrogens is 264 g/mol. The van der Waals surface area contributed by atoms with E-state index in [0.29, 0.717) is 17.3 Å². The van der Waals surface area contributed by atoms with Crippen LogP contribution in [0.4, 0.5) is 0 Å². The summed E-state index contributed by atoms with van der Waals surface area (Å²) in [5, 5.41) is 15.0. The molecule has 0 aliphatic heterocycles. The molecule has 4 rings (SSSR count). The molecule has 0 spiro atoms. The minimum absolute atomic E-state index is 0.464. The van der Waals surface area contributed by atoms with Crippen molar-refractivity contribution in [1.29, 1.82) is 0 Å². The van der Waals surface area contributed by atoms with Gasteiger partial charge in [-0.05, 0) is 11.3 Å². The summed E-state index contributed by atoms with van der Waals surface area (Å²) in [6.07, 6.45) is 0.